The summed E-state index contributed by atoms with van der Waals surface area (Å²) in [5.74, 6) is -0.186. The first-order valence-electron chi connectivity index (χ1n) is 6.55. The molecule has 0 spiro atoms. The number of pyridine rings is 1. The second-order valence-electron chi connectivity index (χ2n) is 4.90. The Balaban J connectivity index is 1.90. The summed E-state index contributed by atoms with van der Waals surface area (Å²) in [5.41, 5.74) is 2.37. The molecule has 2 nitrogen and oxygen atoms in total. The van der Waals surface area contributed by atoms with Crippen molar-refractivity contribution in [2.75, 3.05) is 0 Å². The molecule has 19 heavy (non-hydrogen) atoms. The van der Waals surface area contributed by atoms with E-state index in [4.69, 9.17) is 0 Å². The summed E-state index contributed by atoms with van der Waals surface area (Å²) >= 11 is 0. The van der Waals surface area contributed by atoms with E-state index in [9.17, 15) is 4.39 Å². The lowest BCUT2D eigenvalue weighted by Gasteiger charge is -2.20. The monoisotopic (exact) mass is 258 g/mol. The Hall–Kier alpha value is -1.74. The molecule has 0 fully saturated rings. The van der Waals surface area contributed by atoms with Crippen LogP contribution in [0.2, 0.25) is 0 Å². The molecule has 0 aliphatic carbocycles. The summed E-state index contributed by atoms with van der Waals surface area (Å²) in [6, 6.07) is 11.3. The summed E-state index contributed by atoms with van der Waals surface area (Å²) < 4.78 is 12.8. The molecule has 0 saturated heterocycles. The van der Waals surface area contributed by atoms with Crippen LogP contribution in [-0.2, 0) is 6.42 Å². The number of aromatic nitrogens is 1. The first-order chi connectivity index (χ1) is 9.15. The van der Waals surface area contributed by atoms with Crippen molar-refractivity contribution in [3.63, 3.8) is 0 Å². The molecule has 0 bridgehead atoms. The second kappa shape index (κ2) is 6.43. The molecule has 0 amide bonds. The quantitative estimate of drug-likeness (QED) is 0.887. The standard InChI is InChI=1S/C16H19FN2/c1-12(11-14-3-5-16(17)6-4-14)19-13(2)15-7-9-18-10-8-15/h3-10,12-13,19H,11H2,1-2H3/t12?,13-/m1/s1. The fourth-order valence-electron chi connectivity index (χ4n) is 2.21. The summed E-state index contributed by atoms with van der Waals surface area (Å²) in [7, 11) is 0. The molecule has 0 saturated carbocycles. The Labute approximate surface area is 113 Å². The van der Waals surface area contributed by atoms with Crippen LogP contribution in [0.1, 0.15) is 31.0 Å². The van der Waals surface area contributed by atoms with Gasteiger partial charge >= 0.3 is 0 Å². The van der Waals surface area contributed by atoms with Crippen LogP contribution in [-0.4, -0.2) is 11.0 Å². The highest BCUT2D eigenvalue weighted by Gasteiger charge is 2.09. The summed E-state index contributed by atoms with van der Waals surface area (Å²) in [6.07, 6.45) is 4.49. The van der Waals surface area contributed by atoms with E-state index >= 15 is 0 Å². The van der Waals surface area contributed by atoms with Gasteiger partial charge in [0.15, 0.2) is 0 Å². The van der Waals surface area contributed by atoms with Gasteiger partial charge in [0.25, 0.3) is 0 Å². The average Bonchev–Trinajstić information content (AvgIpc) is 2.42. The fourth-order valence-corrected chi connectivity index (χ4v) is 2.21. The number of hydrogen-bond donors (Lipinski definition) is 1. The zero-order chi connectivity index (χ0) is 13.7. The third-order valence-corrected chi connectivity index (χ3v) is 3.20. The highest BCUT2D eigenvalue weighted by atomic mass is 19.1. The predicted octanol–water partition coefficient (Wildman–Crippen LogP) is 3.50. The van der Waals surface area contributed by atoms with Crippen molar-refractivity contribution in [3.8, 4) is 0 Å². The van der Waals surface area contributed by atoms with E-state index in [0.29, 0.717) is 6.04 Å². The SMILES string of the molecule is CC(Cc1ccc(F)cc1)N[C@H](C)c1ccncc1. The van der Waals surface area contributed by atoms with Gasteiger partial charge in [0.2, 0.25) is 0 Å². The molecule has 3 heteroatoms. The zero-order valence-electron chi connectivity index (χ0n) is 11.3. The maximum absolute atomic E-state index is 12.8. The van der Waals surface area contributed by atoms with Crippen LogP contribution >= 0.6 is 0 Å². The molecule has 1 unspecified atom stereocenters. The minimum absolute atomic E-state index is 0.186. The molecule has 1 heterocycles. The molecule has 1 N–H and O–H groups in total. The zero-order valence-corrected chi connectivity index (χ0v) is 11.3. The lowest BCUT2D eigenvalue weighted by atomic mass is 10.0. The lowest BCUT2D eigenvalue weighted by molar-refractivity contribution is 0.476. The molecular weight excluding hydrogens is 239 g/mol. The molecule has 0 aliphatic rings. The van der Waals surface area contributed by atoms with Crippen LogP contribution in [0.5, 0.6) is 0 Å². The molecule has 1 aromatic heterocycles. The molecular formula is C16H19FN2. The van der Waals surface area contributed by atoms with E-state index in [0.717, 1.165) is 12.0 Å². The molecule has 0 radical (unpaired) electrons. The Morgan fingerprint density at radius 1 is 1.05 bits per heavy atom. The Bertz CT molecular complexity index is 496. The van der Waals surface area contributed by atoms with E-state index in [2.05, 4.69) is 24.1 Å². The highest BCUT2D eigenvalue weighted by Crippen LogP contribution is 2.13. The van der Waals surface area contributed by atoms with Gasteiger partial charge in [-0.25, -0.2) is 4.39 Å². The minimum Gasteiger partial charge on any atom is -0.307 e. The van der Waals surface area contributed by atoms with Gasteiger partial charge in [-0.1, -0.05) is 12.1 Å². The topological polar surface area (TPSA) is 24.9 Å². The van der Waals surface area contributed by atoms with Gasteiger partial charge in [-0.05, 0) is 55.7 Å². The summed E-state index contributed by atoms with van der Waals surface area (Å²) in [6.45, 7) is 4.28. The van der Waals surface area contributed by atoms with Crippen molar-refractivity contribution in [1.82, 2.24) is 10.3 Å². The first-order valence-corrected chi connectivity index (χ1v) is 6.55. The molecule has 0 aliphatic heterocycles. The van der Waals surface area contributed by atoms with Crippen LogP contribution in [0.15, 0.2) is 48.8 Å². The Morgan fingerprint density at radius 3 is 2.32 bits per heavy atom. The Morgan fingerprint density at radius 2 is 1.68 bits per heavy atom. The minimum atomic E-state index is -0.186. The largest absolute Gasteiger partial charge is 0.307 e. The van der Waals surface area contributed by atoms with Gasteiger partial charge < -0.3 is 5.32 Å². The maximum Gasteiger partial charge on any atom is 0.123 e. The van der Waals surface area contributed by atoms with Crippen LogP contribution in [0.3, 0.4) is 0 Å². The lowest BCUT2D eigenvalue weighted by Crippen LogP contribution is -2.30. The van der Waals surface area contributed by atoms with Gasteiger partial charge in [0.05, 0.1) is 0 Å². The van der Waals surface area contributed by atoms with Crippen molar-refractivity contribution < 1.29 is 4.39 Å². The van der Waals surface area contributed by atoms with Crippen LogP contribution in [0.25, 0.3) is 0 Å². The van der Waals surface area contributed by atoms with E-state index in [1.807, 2.05) is 24.3 Å². The van der Waals surface area contributed by atoms with Gasteiger partial charge in [-0.2, -0.15) is 0 Å². The number of benzene rings is 1. The van der Waals surface area contributed by atoms with Gasteiger partial charge in [0, 0.05) is 24.5 Å². The smallest absolute Gasteiger partial charge is 0.123 e. The third kappa shape index (κ3) is 4.14. The second-order valence-corrected chi connectivity index (χ2v) is 4.90. The van der Waals surface area contributed by atoms with Crippen LogP contribution < -0.4 is 5.32 Å². The summed E-state index contributed by atoms with van der Waals surface area (Å²) in [4.78, 5) is 4.02. The molecule has 100 valence electrons. The van der Waals surface area contributed by atoms with E-state index in [-0.39, 0.29) is 11.9 Å². The van der Waals surface area contributed by atoms with Crippen molar-refractivity contribution in [2.45, 2.75) is 32.4 Å². The predicted molar refractivity (Wildman–Crippen MR) is 75.4 cm³/mol. The third-order valence-electron chi connectivity index (χ3n) is 3.20. The molecule has 2 atom stereocenters. The Kier molecular flexibility index (Phi) is 4.63. The highest BCUT2D eigenvalue weighted by molar-refractivity contribution is 5.18. The first kappa shape index (κ1) is 13.7. The molecule has 1 aromatic carbocycles. The number of hydrogen-bond acceptors (Lipinski definition) is 2. The number of rotatable bonds is 5. The molecule has 2 rings (SSSR count). The maximum atomic E-state index is 12.8. The van der Waals surface area contributed by atoms with E-state index < -0.39 is 0 Å². The number of nitrogens with zero attached hydrogens (tertiary/aromatic N) is 1. The van der Waals surface area contributed by atoms with Crippen LogP contribution in [0.4, 0.5) is 4.39 Å². The number of nitrogens with one attached hydrogen (secondary N) is 1. The van der Waals surface area contributed by atoms with Gasteiger partial charge in [-0.3, -0.25) is 4.98 Å². The average molecular weight is 258 g/mol. The van der Waals surface area contributed by atoms with E-state index in [1.165, 1.54) is 17.7 Å². The van der Waals surface area contributed by atoms with E-state index in [1.54, 1.807) is 12.4 Å². The van der Waals surface area contributed by atoms with Crippen molar-refractivity contribution >= 4 is 0 Å². The van der Waals surface area contributed by atoms with Crippen molar-refractivity contribution in [3.05, 3.63) is 65.7 Å². The normalized spacial score (nSPS) is 14.1. The fraction of sp³-hybridized carbons (Fsp3) is 0.312. The number of halogens is 1. The molecule has 2 aromatic rings. The van der Waals surface area contributed by atoms with Crippen LogP contribution in [0, 0.1) is 5.82 Å². The van der Waals surface area contributed by atoms with Gasteiger partial charge in [-0.15, -0.1) is 0 Å². The van der Waals surface area contributed by atoms with Gasteiger partial charge in [0.1, 0.15) is 5.82 Å². The van der Waals surface area contributed by atoms with Crippen molar-refractivity contribution in [2.24, 2.45) is 0 Å². The van der Waals surface area contributed by atoms with Crippen molar-refractivity contribution in [1.29, 1.82) is 0 Å². The summed E-state index contributed by atoms with van der Waals surface area (Å²) in [5, 5.41) is 3.54.